The van der Waals surface area contributed by atoms with E-state index in [1.54, 1.807) is 0 Å². The summed E-state index contributed by atoms with van der Waals surface area (Å²) in [7, 11) is 0. The number of aliphatic hydroxyl groups excluding tert-OH is 1. The Morgan fingerprint density at radius 1 is 1.37 bits per heavy atom. The molecule has 0 radical (unpaired) electrons. The third-order valence-corrected chi connectivity index (χ3v) is 6.60. The second kappa shape index (κ2) is 6.68. The lowest BCUT2D eigenvalue weighted by Gasteiger charge is -2.33. The van der Waals surface area contributed by atoms with Crippen molar-refractivity contribution < 1.29 is 36.8 Å². The zero-order valence-electron chi connectivity index (χ0n) is 15.6. The average molecular weight is 442 g/mol. The maximum Gasteiger partial charge on any atom is 0.417 e. The first-order chi connectivity index (χ1) is 14.0. The Bertz CT molecular complexity index is 980. The van der Waals surface area contributed by atoms with Gasteiger partial charge in [0.05, 0.1) is 53.0 Å². The first kappa shape index (κ1) is 21.1. The Morgan fingerprint density at radius 2 is 2.03 bits per heavy atom. The number of alkyl halides is 3. The normalized spacial score (nSPS) is 35.1. The molecule has 3 saturated heterocycles. The van der Waals surface area contributed by atoms with Gasteiger partial charge < -0.3 is 14.0 Å². The van der Waals surface area contributed by atoms with Crippen LogP contribution in [0, 0.1) is 23.2 Å². The van der Waals surface area contributed by atoms with Crippen LogP contribution in [0.4, 0.5) is 18.9 Å². The van der Waals surface area contributed by atoms with Crippen LogP contribution in [0.25, 0.3) is 0 Å². The summed E-state index contributed by atoms with van der Waals surface area (Å²) in [5, 5.41) is 19.5. The van der Waals surface area contributed by atoms with Gasteiger partial charge in [0.2, 0.25) is 11.8 Å². The van der Waals surface area contributed by atoms with Gasteiger partial charge in [-0.25, -0.2) is 4.90 Å². The minimum atomic E-state index is -4.84. The number of benzene rings is 1. The molecule has 3 aliphatic heterocycles. The van der Waals surface area contributed by atoms with E-state index in [1.807, 2.05) is 0 Å². The van der Waals surface area contributed by atoms with Crippen molar-refractivity contribution in [2.75, 3.05) is 11.5 Å². The third-order valence-electron chi connectivity index (χ3n) is 6.42. The smallest absolute Gasteiger partial charge is 0.390 e. The molecule has 0 aromatic heterocycles. The zero-order valence-corrected chi connectivity index (χ0v) is 16.5. The molecular formula is C19H17F3N2O5S. The Kier molecular flexibility index (Phi) is 4.70. The molecule has 3 aliphatic rings. The van der Waals surface area contributed by atoms with Crippen molar-refractivity contribution in [1.82, 2.24) is 0 Å². The Hall–Kier alpha value is -2.13. The molecular weight excluding hydrogens is 425 g/mol. The summed E-state index contributed by atoms with van der Waals surface area (Å²) in [6.45, 7) is 1.62. The lowest BCUT2D eigenvalue weighted by molar-refractivity contribution is -0.138. The number of imide groups is 1. The second-order valence-corrected chi connectivity index (χ2v) is 8.22. The van der Waals surface area contributed by atoms with Crippen LogP contribution in [-0.4, -0.2) is 40.8 Å². The fourth-order valence-corrected chi connectivity index (χ4v) is 5.19. The summed E-state index contributed by atoms with van der Waals surface area (Å²) in [5.41, 5.74) is -4.64. The Morgan fingerprint density at radius 3 is 2.63 bits per heavy atom. The summed E-state index contributed by atoms with van der Waals surface area (Å²) >= 11 is 3.68. The first-order valence-corrected chi connectivity index (χ1v) is 9.50. The summed E-state index contributed by atoms with van der Waals surface area (Å²) in [6.07, 6.45) is -5.59. The highest BCUT2D eigenvalue weighted by Gasteiger charge is 2.76. The highest BCUT2D eigenvalue weighted by Crippen LogP contribution is 2.62. The molecule has 4 rings (SSSR count). The average Bonchev–Trinajstić information content (AvgIpc) is 3.21. The number of carbonyl (C=O) groups is 2. The molecule has 7 nitrogen and oxygen atoms in total. The maximum atomic E-state index is 13.4. The van der Waals surface area contributed by atoms with Gasteiger partial charge in [0.15, 0.2) is 0 Å². The van der Waals surface area contributed by atoms with Crippen LogP contribution in [0.1, 0.15) is 30.9 Å². The van der Waals surface area contributed by atoms with E-state index in [4.69, 9.17) is 14.2 Å². The molecule has 2 bridgehead atoms. The summed E-state index contributed by atoms with van der Waals surface area (Å²) in [5.74, 6) is -3.44. The summed E-state index contributed by atoms with van der Waals surface area (Å²) in [4.78, 5) is 27.2. The van der Waals surface area contributed by atoms with Crippen LogP contribution in [0.5, 0.6) is 0 Å². The minimum Gasteiger partial charge on any atom is -0.390 e. The van der Waals surface area contributed by atoms with E-state index in [2.05, 4.69) is 12.9 Å². The largest absolute Gasteiger partial charge is 0.417 e. The highest BCUT2D eigenvalue weighted by atomic mass is 32.1. The van der Waals surface area contributed by atoms with Crippen molar-refractivity contribution in [2.45, 2.75) is 43.2 Å². The third kappa shape index (κ3) is 2.71. The first-order valence-electron chi connectivity index (χ1n) is 9.14. The Labute approximate surface area is 175 Å². The van der Waals surface area contributed by atoms with Crippen molar-refractivity contribution in [3.8, 4) is 6.07 Å². The van der Waals surface area contributed by atoms with Gasteiger partial charge in [0.25, 0.3) is 0 Å². The van der Waals surface area contributed by atoms with Crippen LogP contribution in [0.15, 0.2) is 18.2 Å². The number of fused-ring (bicyclic) bond motifs is 5. The molecule has 2 unspecified atom stereocenters. The van der Waals surface area contributed by atoms with E-state index < -0.39 is 58.3 Å². The van der Waals surface area contributed by atoms with Gasteiger partial charge in [-0.2, -0.15) is 18.4 Å². The van der Waals surface area contributed by atoms with Gasteiger partial charge in [0, 0.05) is 12.8 Å². The molecule has 11 heteroatoms. The number of nitriles is 1. The standard InChI is InChI=1S/C19H17F3N2O5S/c1-17-12(25)7-18(29-17,4-5-28-30)14-13(17)15(26)24(16(14)27)10-3-2-9(8-23)11(6-10)19(20,21)22/h2-3,6,12-14,25,30H,4-5,7H2,1H3/t12-,13-,14+,17?,18?/m0/s1. The second-order valence-electron chi connectivity index (χ2n) is 7.96. The molecule has 5 atom stereocenters. The van der Waals surface area contributed by atoms with E-state index in [0.29, 0.717) is 11.0 Å². The van der Waals surface area contributed by atoms with Gasteiger partial charge in [-0.3, -0.25) is 9.59 Å². The number of carbonyl (C=O) groups excluding carboxylic acids is 2. The van der Waals surface area contributed by atoms with Crippen LogP contribution in [0.3, 0.4) is 0 Å². The topological polar surface area (TPSA) is 99.9 Å². The number of aliphatic hydroxyl groups is 1. The van der Waals surface area contributed by atoms with Gasteiger partial charge in [-0.15, -0.1) is 0 Å². The number of amides is 2. The van der Waals surface area contributed by atoms with Crippen molar-refractivity contribution in [3.63, 3.8) is 0 Å². The number of nitrogens with zero attached hydrogens (tertiary/aromatic N) is 2. The molecule has 0 spiro atoms. The number of thiol groups is 1. The monoisotopic (exact) mass is 442 g/mol. The fourth-order valence-electron chi connectivity index (χ4n) is 5.10. The molecule has 3 heterocycles. The van der Waals surface area contributed by atoms with Gasteiger partial charge >= 0.3 is 6.18 Å². The van der Waals surface area contributed by atoms with E-state index in [9.17, 15) is 27.9 Å². The summed E-state index contributed by atoms with van der Waals surface area (Å²) in [6, 6.07) is 4.15. The zero-order chi connectivity index (χ0) is 22.1. The molecule has 0 aliphatic carbocycles. The highest BCUT2D eigenvalue weighted by molar-refractivity contribution is 7.75. The van der Waals surface area contributed by atoms with Crippen molar-refractivity contribution in [3.05, 3.63) is 29.3 Å². The predicted octanol–water partition coefficient (Wildman–Crippen LogP) is 2.23. The number of anilines is 1. The van der Waals surface area contributed by atoms with Gasteiger partial charge in [-0.1, -0.05) is 0 Å². The van der Waals surface area contributed by atoms with Crippen LogP contribution in [-0.2, 0) is 24.7 Å². The Balaban J connectivity index is 1.79. The summed E-state index contributed by atoms with van der Waals surface area (Å²) < 4.78 is 50.9. The van der Waals surface area contributed by atoms with E-state index >= 15 is 0 Å². The number of halogens is 3. The van der Waals surface area contributed by atoms with Gasteiger partial charge in [0.1, 0.15) is 5.60 Å². The van der Waals surface area contributed by atoms with Crippen molar-refractivity contribution >= 4 is 30.4 Å². The molecule has 2 amide bonds. The molecule has 30 heavy (non-hydrogen) atoms. The number of rotatable bonds is 4. The molecule has 0 saturated carbocycles. The molecule has 1 aromatic rings. The number of hydrogen-bond donors (Lipinski definition) is 2. The predicted molar refractivity (Wildman–Crippen MR) is 98.0 cm³/mol. The van der Waals surface area contributed by atoms with E-state index in [1.165, 1.54) is 13.0 Å². The quantitative estimate of drug-likeness (QED) is 0.422. The lowest BCUT2D eigenvalue weighted by Crippen LogP contribution is -2.49. The maximum absolute atomic E-state index is 13.4. The molecule has 160 valence electrons. The lowest BCUT2D eigenvalue weighted by atomic mass is 9.66. The number of hydrogen-bond acceptors (Lipinski definition) is 7. The molecule has 1 aromatic carbocycles. The fraction of sp³-hybridized carbons (Fsp3) is 0.526. The van der Waals surface area contributed by atoms with Crippen LogP contribution >= 0.6 is 12.9 Å². The molecule has 3 fully saturated rings. The van der Waals surface area contributed by atoms with Crippen LogP contribution in [0.2, 0.25) is 0 Å². The molecule has 1 N–H and O–H groups in total. The number of ether oxygens (including phenoxy) is 1. The van der Waals surface area contributed by atoms with E-state index in [-0.39, 0.29) is 25.1 Å². The van der Waals surface area contributed by atoms with Gasteiger partial charge in [-0.05, 0) is 38.0 Å². The SMILES string of the molecule is CC12OC(CCOS)(C[C@@H]1O)[C@H]1C(=O)N(c3ccc(C#N)c(C(F)(F)F)c3)C(=O)[C@H]12. The van der Waals surface area contributed by atoms with Crippen LogP contribution < -0.4 is 4.90 Å². The minimum absolute atomic E-state index is 0.0890. The van der Waals surface area contributed by atoms with Crippen molar-refractivity contribution in [1.29, 1.82) is 5.26 Å². The van der Waals surface area contributed by atoms with Crippen molar-refractivity contribution in [2.24, 2.45) is 11.8 Å². The van der Waals surface area contributed by atoms with E-state index in [0.717, 1.165) is 12.1 Å².